The minimum Gasteiger partial charge on any atom is -0.374 e. The molecular weight excluding hydrogens is 77.0 g/mol. The van der Waals surface area contributed by atoms with Crippen molar-refractivity contribution in [3.8, 4) is 0 Å². The largest absolute Gasteiger partial charge is 0.374 e. The van der Waals surface area contributed by atoms with Crippen molar-refractivity contribution >= 4 is 24.8 Å². The first-order valence-electron chi connectivity index (χ1n) is 1.14. The molecule has 0 spiro atoms. The second-order valence-electron chi connectivity index (χ2n) is 0.609. The van der Waals surface area contributed by atoms with Gasteiger partial charge >= 0.3 is 5.97 Å². The van der Waals surface area contributed by atoms with Crippen LogP contribution in [0, 0.1) is 0 Å². The van der Waals surface area contributed by atoms with Crippen molar-refractivity contribution in [2.24, 2.45) is 5.90 Å². The zero-order chi connectivity index (χ0) is 4.28. The van der Waals surface area contributed by atoms with E-state index in [1.165, 1.54) is 6.92 Å². The van der Waals surface area contributed by atoms with Gasteiger partial charge in [-0.25, -0.2) is 0 Å². The van der Waals surface area contributed by atoms with Crippen molar-refractivity contribution in [3.05, 3.63) is 0 Å². The van der Waals surface area contributed by atoms with E-state index in [1.807, 2.05) is 0 Å². The molecule has 0 saturated heterocycles. The predicted molar refractivity (Wildman–Crippen MR) is 21.7 cm³/mol. The molecule has 0 aliphatic heterocycles. The van der Waals surface area contributed by atoms with Crippen LogP contribution in [0.2, 0.25) is 0 Å². The average Bonchev–Trinajstić information content (AvgIpc) is 1.38. The summed E-state index contributed by atoms with van der Waals surface area (Å²) in [5, 5.41) is 0. The summed E-state index contributed by atoms with van der Waals surface area (Å²) >= 11 is 0. The maximum atomic E-state index is 9.47. The molecule has 0 aliphatic rings. The van der Waals surface area contributed by atoms with Crippen LogP contribution in [0.3, 0.4) is 0 Å². The van der Waals surface area contributed by atoms with Gasteiger partial charge < -0.3 is 4.84 Å². The van der Waals surface area contributed by atoms with Crippen molar-refractivity contribution in [2.45, 2.75) is 6.92 Å². The monoisotopic (exact) mass is 82.0 g/mol. The van der Waals surface area contributed by atoms with Crippen LogP contribution in [-0.4, -0.2) is 24.8 Å². The molecule has 3 nitrogen and oxygen atoms in total. The van der Waals surface area contributed by atoms with E-state index in [1.54, 1.807) is 0 Å². The fraction of sp³-hybridized carbons (Fsp3) is 0.500. The Morgan fingerprint density at radius 2 is 2.00 bits per heavy atom. The van der Waals surface area contributed by atoms with E-state index in [-0.39, 0.29) is 18.9 Å². The number of hydrogen-bond donors (Lipinski definition) is 1. The molecule has 0 unspecified atom stereocenters. The number of carbonyl (C=O) groups is 1. The van der Waals surface area contributed by atoms with Crippen LogP contribution in [0.15, 0.2) is 0 Å². The minimum atomic E-state index is -0.468. The van der Waals surface area contributed by atoms with Gasteiger partial charge in [-0.15, -0.1) is 0 Å². The van der Waals surface area contributed by atoms with Crippen LogP contribution < -0.4 is 5.90 Å². The zero-order valence-electron chi connectivity index (χ0n) is 3.89. The number of rotatable bonds is 0. The van der Waals surface area contributed by atoms with Gasteiger partial charge in [0.05, 0.1) is 0 Å². The molecule has 0 bridgehead atoms. The Hall–Kier alpha value is 0.0274. The normalized spacial score (nSPS) is 5.67. The average molecular weight is 82.0 g/mol. The van der Waals surface area contributed by atoms with E-state index in [0.29, 0.717) is 0 Å². The van der Waals surface area contributed by atoms with Gasteiger partial charge in [0.25, 0.3) is 0 Å². The molecule has 4 heteroatoms. The Labute approximate surface area is 48.0 Å². The number of carbonyl (C=O) groups excluding carboxylic acids is 1. The van der Waals surface area contributed by atoms with E-state index in [0.717, 1.165) is 0 Å². The Morgan fingerprint density at radius 3 is 2.00 bits per heavy atom. The quantitative estimate of drug-likeness (QED) is 0.302. The van der Waals surface area contributed by atoms with Crippen molar-refractivity contribution in [3.63, 3.8) is 0 Å². The van der Waals surface area contributed by atoms with E-state index in [9.17, 15) is 4.79 Å². The summed E-state index contributed by atoms with van der Waals surface area (Å²) in [7, 11) is 0. The first kappa shape index (κ1) is 9.39. The molecule has 2 N–H and O–H groups in total. The molecule has 31 valence electrons. The fourth-order valence-corrected chi connectivity index (χ4v) is 0. The summed E-state index contributed by atoms with van der Waals surface area (Å²) < 4.78 is 0. The van der Waals surface area contributed by atoms with Crippen molar-refractivity contribution in [1.29, 1.82) is 0 Å². The molecule has 0 saturated carbocycles. The summed E-state index contributed by atoms with van der Waals surface area (Å²) in [6.45, 7) is 1.24. The third kappa shape index (κ3) is 8.98. The Balaban J connectivity index is 0. The molecule has 0 atom stereocenters. The van der Waals surface area contributed by atoms with Crippen LogP contribution in [0.4, 0.5) is 0 Å². The smallest absolute Gasteiger partial charge is 0.321 e. The first-order valence-corrected chi connectivity index (χ1v) is 1.14. The van der Waals surface area contributed by atoms with Gasteiger partial charge in [-0.05, 0) is 0 Å². The second kappa shape index (κ2) is 5.03. The molecule has 0 aromatic heterocycles. The van der Waals surface area contributed by atoms with Crippen LogP contribution in [0.1, 0.15) is 6.92 Å². The van der Waals surface area contributed by atoms with Gasteiger partial charge in [-0.1, -0.05) is 0 Å². The van der Waals surface area contributed by atoms with Crippen molar-refractivity contribution < 1.29 is 9.63 Å². The summed E-state index contributed by atoms with van der Waals surface area (Å²) in [4.78, 5) is 13.1. The van der Waals surface area contributed by atoms with Crippen LogP contribution in [0.25, 0.3) is 0 Å². The van der Waals surface area contributed by atoms with E-state index in [2.05, 4.69) is 10.7 Å². The standard InChI is InChI=1S/C2H5NO2.Li/c1-2(4)5-3;/h3H2,1H3;. The summed E-state index contributed by atoms with van der Waals surface area (Å²) in [5.74, 6) is 3.85. The molecule has 6 heavy (non-hydrogen) atoms. The van der Waals surface area contributed by atoms with Crippen LogP contribution in [0.5, 0.6) is 0 Å². The molecule has 0 fully saturated rings. The number of nitrogens with two attached hydrogens (primary N) is 1. The molecular formula is C2H5LiNO2. The van der Waals surface area contributed by atoms with Crippen molar-refractivity contribution in [1.82, 2.24) is 0 Å². The van der Waals surface area contributed by atoms with Crippen LogP contribution in [-0.2, 0) is 9.63 Å². The summed E-state index contributed by atoms with van der Waals surface area (Å²) in [5.41, 5.74) is 0. The van der Waals surface area contributed by atoms with Crippen LogP contribution >= 0.6 is 0 Å². The molecule has 0 rings (SSSR count). The Morgan fingerprint density at radius 1 is 1.83 bits per heavy atom. The molecule has 0 aliphatic carbocycles. The Kier molecular flexibility index (Phi) is 7.87. The van der Waals surface area contributed by atoms with E-state index >= 15 is 0 Å². The maximum Gasteiger partial charge on any atom is 0.321 e. The third-order valence-electron chi connectivity index (χ3n) is 0.166. The van der Waals surface area contributed by atoms with Gasteiger partial charge in [0.15, 0.2) is 0 Å². The molecule has 0 amide bonds. The predicted octanol–water partition coefficient (Wildman–Crippen LogP) is -0.958. The molecule has 0 aromatic carbocycles. The topological polar surface area (TPSA) is 52.3 Å². The number of hydrogen-bond acceptors (Lipinski definition) is 3. The first-order chi connectivity index (χ1) is 2.27. The van der Waals surface area contributed by atoms with Gasteiger partial charge in [0, 0.05) is 25.8 Å². The molecule has 0 aromatic rings. The Bertz CT molecular complexity index is 46.8. The SMILES string of the molecule is CC(=O)ON.[Li]. The molecule has 0 heterocycles. The summed E-state index contributed by atoms with van der Waals surface area (Å²) in [6.07, 6.45) is 0. The van der Waals surface area contributed by atoms with Crippen molar-refractivity contribution in [2.75, 3.05) is 0 Å². The second-order valence-corrected chi connectivity index (χ2v) is 0.609. The summed E-state index contributed by atoms with van der Waals surface area (Å²) in [6, 6.07) is 0. The fourth-order valence-electron chi connectivity index (χ4n) is 0. The van der Waals surface area contributed by atoms with Gasteiger partial charge in [-0.3, -0.25) is 4.79 Å². The zero-order valence-corrected chi connectivity index (χ0v) is 3.89. The molecule has 1 radical (unpaired) electrons. The van der Waals surface area contributed by atoms with E-state index in [4.69, 9.17) is 0 Å². The van der Waals surface area contributed by atoms with Gasteiger partial charge in [0.1, 0.15) is 0 Å². The van der Waals surface area contributed by atoms with Gasteiger partial charge in [0.2, 0.25) is 0 Å². The van der Waals surface area contributed by atoms with E-state index < -0.39 is 5.97 Å². The third-order valence-corrected chi connectivity index (χ3v) is 0.166. The minimum absolute atomic E-state index is 0. The van der Waals surface area contributed by atoms with Gasteiger partial charge in [-0.2, -0.15) is 5.90 Å². The maximum absolute atomic E-state index is 9.47.